The Morgan fingerprint density at radius 1 is 1.00 bits per heavy atom. The molecule has 0 aromatic carbocycles. The fraction of sp³-hybridized carbons (Fsp3) is 0.714. The second kappa shape index (κ2) is 3.48. The summed E-state index contributed by atoms with van der Waals surface area (Å²) < 4.78 is 0. The Labute approximate surface area is 93.9 Å². The van der Waals surface area contributed by atoms with Gasteiger partial charge in [0.15, 0.2) is 0 Å². The molecule has 0 unspecified atom stereocenters. The Kier molecular flexibility index (Phi) is 2.90. The highest BCUT2D eigenvalue weighted by molar-refractivity contribution is 5.50. The number of rotatable bonds is 2. The number of hydrogen-bond donors (Lipinski definition) is 1. The standard InChI is InChI=1S/C14H24O/c1-9-10(2)12(4)14(7,11(9)3)8-13(5,6)15/h15H,8H2,1-7H3. The second-order valence-electron chi connectivity index (χ2n) is 5.82. The molecule has 0 aromatic heterocycles. The van der Waals surface area contributed by atoms with Crippen molar-refractivity contribution in [1.82, 2.24) is 0 Å². The van der Waals surface area contributed by atoms with Crippen molar-refractivity contribution in [3.63, 3.8) is 0 Å². The smallest absolute Gasteiger partial charge is 0.0603 e. The maximum absolute atomic E-state index is 10.0. The van der Waals surface area contributed by atoms with E-state index in [1.165, 1.54) is 22.3 Å². The van der Waals surface area contributed by atoms with Crippen LogP contribution in [0.4, 0.5) is 0 Å². The Bertz CT molecular complexity index is 313. The average molecular weight is 208 g/mol. The predicted octanol–water partition coefficient (Wildman–Crippen LogP) is 3.84. The van der Waals surface area contributed by atoms with E-state index in [2.05, 4.69) is 34.6 Å². The van der Waals surface area contributed by atoms with Crippen LogP contribution in [0, 0.1) is 5.41 Å². The van der Waals surface area contributed by atoms with Crippen LogP contribution >= 0.6 is 0 Å². The molecular weight excluding hydrogens is 184 g/mol. The molecule has 1 nitrogen and oxygen atoms in total. The Balaban J connectivity index is 3.16. The zero-order valence-corrected chi connectivity index (χ0v) is 11.2. The molecule has 1 aliphatic rings. The summed E-state index contributed by atoms with van der Waals surface area (Å²) in [6, 6.07) is 0. The quantitative estimate of drug-likeness (QED) is 0.731. The van der Waals surface area contributed by atoms with Crippen molar-refractivity contribution < 1.29 is 5.11 Å². The fourth-order valence-electron chi connectivity index (χ4n) is 2.80. The minimum absolute atomic E-state index is 0.0480. The molecule has 0 aromatic rings. The predicted molar refractivity (Wildman–Crippen MR) is 65.8 cm³/mol. The van der Waals surface area contributed by atoms with Crippen LogP contribution in [0.25, 0.3) is 0 Å². The lowest BCUT2D eigenvalue weighted by Crippen LogP contribution is -2.31. The van der Waals surface area contributed by atoms with Gasteiger partial charge in [-0.2, -0.15) is 0 Å². The van der Waals surface area contributed by atoms with Gasteiger partial charge in [0.25, 0.3) is 0 Å². The summed E-state index contributed by atoms with van der Waals surface area (Å²) in [5.41, 5.74) is 5.08. The van der Waals surface area contributed by atoms with Gasteiger partial charge in [-0.3, -0.25) is 0 Å². The van der Waals surface area contributed by atoms with Crippen LogP contribution in [0.2, 0.25) is 0 Å². The molecule has 0 saturated carbocycles. The van der Waals surface area contributed by atoms with Gasteiger partial charge in [0.1, 0.15) is 0 Å². The highest BCUT2D eigenvalue weighted by Gasteiger charge is 2.39. The summed E-state index contributed by atoms with van der Waals surface area (Å²) >= 11 is 0. The van der Waals surface area contributed by atoms with Crippen LogP contribution in [0.15, 0.2) is 22.3 Å². The van der Waals surface area contributed by atoms with Crippen LogP contribution in [0.5, 0.6) is 0 Å². The van der Waals surface area contributed by atoms with Crippen LogP contribution in [-0.2, 0) is 0 Å². The van der Waals surface area contributed by atoms with E-state index in [9.17, 15) is 5.11 Å². The maximum atomic E-state index is 10.0. The maximum Gasteiger partial charge on any atom is 0.0603 e. The summed E-state index contributed by atoms with van der Waals surface area (Å²) in [6.07, 6.45) is 0.798. The van der Waals surface area contributed by atoms with Crippen molar-refractivity contribution in [2.75, 3.05) is 0 Å². The van der Waals surface area contributed by atoms with Crippen LogP contribution in [0.1, 0.15) is 54.9 Å². The summed E-state index contributed by atoms with van der Waals surface area (Å²) in [5.74, 6) is 0. The summed E-state index contributed by atoms with van der Waals surface area (Å²) in [5, 5.41) is 10.0. The monoisotopic (exact) mass is 208 g/mol. The number of hydrogen-bond acceptors (Lipinski definition) is 1. The lowest BCUT2D eigenvalue weighted by molar-refractivity contribution is 0.0454. The molecule has 1 N–H and O–H groups in total. The van der Waals surface area contributed by atoms with Gasteiger partial charge in [0.05, 0.1) is 5.60 Å². The van der Waals surface area contributed by atoms with E-state index in [0.717, 1.165) is 6.42 Å². The molecule has 0 radical (unpaired) electrons. The second-order valence-corrected chi connectivity index (χ2v) is 5.82. The third-order valence-corrected chi connectivity index (χ3v) is 4.13. The van der Waals surface area contributed by atoms with E-state index >= 15 is 0 Å². The lowest BCUT2D eigenvalue weighted by Gasteiger charge is -2.35. The molecule has 0 heterocycles. The SMILES string of the molecule is CC1=C(C)C(C)(CC(C)(C)O)C(C)=C1C. The average Bonchev–Trinajstić information content (AvgIpc) is 2.19. The van der Waals surface area contributed by atoms with Crippen molar-refractivity contribution in [3.8, 4) is 0 Å². The molecule has 0 spiro atoms. The van der Waals surface area contributed by atoms with Gasteiger partial charge < -0.3 is 5.11 Å². The van der Waals surface area contributed by atoms with Crippen LogP contribution in [0.3, 0.4) is 0 Å². The molecule has 15 heavy (non-hydrogen) atoms. The van der Waals surface area contributed by atoms with Gasteiger partial charge in [-0.25, -0.2) is 0 Å². The van der Waals surface area contributed by atoms with E-state index in [0.29, 0.717) is 0 Å². The van der Waals surface area contributed by atoms with Crippen LogP contribution in [-0.4, -0.2) is 10.7 Å². The fourth-order valence-corrected chi connectivity index (χ4v) is 2.80. The van der Waals surface area contributed by atoms with E-state index in [4.69, 9.17) is 0 Å². The molecule has 1 aliphatic carbocycles. The van der Waals surface area contributed by atoms with Crippen molar-refractivity contribution >= 4 is 0 Å². The van der Waals surface area contributed by atoms with Gasteiger partial charge in [0, 0.05) is 5.41 Å². The molecule has 0 bridgehead atoms. The van der Waals surface area contributed by atoms with Gasteiger partial charge in [-0.1, -0.05) is 18.1 Å². The molecular formula is C14H24O. The van der Waals surface area contributed by atoms with Crippen molar-refractivity contribution in [1.29, 1.82) is 0 Å². The third-order valence-electron chi connectivity index (χ3n) is 4.13. The largest absolute Gasteiger partial charge is 0.390 e. The lowest BCUT2D eigenvalue weighted by atomic mass is 9.72. The molecule has 0 atom stereocenters. The van der Waals surface area contributed by atoms with Gasteiger partial charge in [-0.05, 0) is 59.1 Å². The van der Waals surface area contributed by atoms with Crippen molar-refractivity contribution in [2.24, 2.45) is 5.41 Å². The van der Waals surface area contributed by atoms with Crippen LogP contribution < -0.4 is 0 Å². The minimum atomic E-state index is -0.609. The van der Waals surface area contributed by atoms with E-state index in [1.54, 1.807) is 0 Å². The first kappa shape index (κ1) is 12.5. The topological polar surface area (TPSA) is 20.2 Å². The van der Waals surface area contributed by atoms with Crippen molar-refractivity contribution in [3.05, 3.63) is 22.3 Å². The summed E-state index contributed by atoms with van der Waals surface area (Å²) in [6.45, 7) is 14.8. The number of allylic oxidation sites excluding steroid dienone is 4. The Hall–Kier alpha value is -0.560. The Morgan fingerprint density at radius 3 is 1.60 bits per heavy atom. The van der Waals surface area contributed by atoms with Gasteiger partial charge in [-0.15, -0.1) is 0 Å². The minimum Gasteiger partial charge on any atom is -0.390 e. The van der Waals surface area contributed by atoms with E-state index < -0.39 is 5.60 Å². The van der Waals surface area contributed by atoms with E-state index in [-0.39, 0.29) is 5.41 Å². The molecule has 0 fully saturated rings. The Morgan fingerprint density at radius 2 is 1.33 bits per heavy atom. The zero-order chi connectivity index (χ0) is 12.0. The third kappa shape index (κ3) is 2.03. The molecule has 86 valence electrons. The first-order valence-electron chi connectivity index (χ1n) is 5.68. The van der Waals surface area contributed by atoms with Gasteiger partial charge >= 0.3 is 0 Å². The first-order chi connectivity index (χ1) is 6.59. The highest BCUT2D eigenvalue weighted by atomic mass is 16.3. The summed E-state index contributed by atoms with van der Waals surface area (Å²) in [4.78, 5) is 0. The van der Waals surface area contributed by atoms with Crippen molar-refractivity contribution in [2.45, 2.75) is 60.5 Å². The molecule has 0 saturated heterocycles. The molecule has 0 amide bonds. The normalized spacial score (nSPS) is 21.6. The molecule has 0 aliphatic heterocycles. The van der Waals surface area contributed by atoms with E-state index in [1.807, 2.05) is 13.8 Å². The highest BCUT2D eigenvalue weighted by Crippen LogP contribution is 2.50. The number of aliphatic hydroxyl groups is 1. The first-order valence-corrected chi connectivity index (χ1v) is 5.68. The summed E-state index contributed by atoms with van der Waals surface area (Å²) in [7, 11) is 0. The molecule has 1 heteroatoms. The zero-order valence-electron chi connectivity index (χ0n) is 11.2. The molecule has 1 rings (SSSR count). The van der Waals surface area contributed by atoms with Gasteiger partial charge in [0.2, 0.25) is 0 Å².